The molecule has 0 radical (unpaired) electrons. The molecule has 170 valence electrons. The largest absolute Gasteiger partial charge is 0.490 e. The number of nitrogens with zero attached hydrogens (tertiary/aromatic N) is 1. The van der Waals surface area contributed by atoms with Crippen LogP contribution in [-0.2, 0) is 17.9 Å². The van der Waals surface area contributed by atoms with Crippen molar-refractivity contribution in [2.75, 3.05) is 26.2 Å². The fourth-order valence-corrected chi connectivity index (χ4v) is 4.25. The van der Waals surface area contributed by atoms with Gasteiger partial charge in [-0.3, -0.25) is 4.79 Å². The number of rotatable bonds is 11. The monoisotopic (exact) mass is 530 g/mol. The molecule has 2 aromatic carbocycles. The van der Waals surface area contributed by atoms with Gasteiger partial charge in [-0.15, -0.1) is 12.4 Å². The van der Waals surface area contributed by atoms with Crippen LogP contribution in [0.25, 0.3) is 0 Å². The number of hydrogen-bond donors (Lipinski definition) is 1. The highest BCUT2D eigenvalue weighted by atomic mass is 79.9. The second-order valence-corrected chi connectivity index (χ2v) is 8.49. The van der Waals surface area contributed by atoms with Crippen LogP contribution < -0.4 is 14.8 Å². The van der Waals surface area contributed by atoms with Crippen molar-refractivity contribution in [2.45, 2.75) is 39.3 Å². The molecule has 1 heterocycles. The highest BCUT2D eigenvalue weighted by Gasteiger charge is 2.19. The zero-order valence-electron chi connectivity index (χ0n) is 17.7. The van der Waals surface area contributed by atoms with Crippen molar-refractivity contribution in [3.05, 3.63) is 57.0 Å². The third kappa shape index (κ3) is 7.56. The number of carbonyl (C=O) groups excluding carboxylic acids is 1. The first-order valence-corrected chi connectivity index (χ1v) is 11.6. The summed E-state index contributed by atoms with van der Waals surface area (Å²) >= 11 is 9.86. The van der Waals surface area contributed by atoms with Crippen LogP contribution in [0.2, 0.25) is 5.02 Å². The van der Waals surface area contributed by atoms with E-state index in [4.69, 9.17) is 21.1 Å². The summed E-state index contributed by atoms with van der Waals surface area (Å²) in [7, 11) is 0. The van der Waals surface area contributed by atoms with E-state index in [9.17, 15) is 4.79 Å². The Morgan fingerprint density at radius 3 is 2.74 bits per heavy atom. The fraction of sp³-hybridized carbons (Fsp3) is 0.435. The third-order valence-corrected chi connectivity index (χ3v) is 5.94. The summed E-state index contributed by atoms with van der Waals surface area (Å²) in [5.41, 5.74) is 2.03. The number of carbonyl (C=O) groups is 1. The molecule has 0 aliphatic carbocycles. The van der Waals surface area contributed by atoms with E-state index in [1.54, 1.807) is 0 Å². The van der Waals surface area contributed by atoms with E-state index in [1.165, 1.54) is 0 Å². The zero-order chi connectivity index (χ0) is 21.3. The summed E-state index contributed by atoms with van der Waals surface area (Å²) < 4.78 is 12.7. The molecule has 0 saturated carbocycles. The van der Waals surface area contributed by atoms with Gasteiger partial charge in [-0.2, -0.15) is 0 Å². The Balaban J connectivity index is 0.00000341. The van der Waals surface area contributed by atoms with E-state index < -0.39 is 0 Å². The maximum atomic E-state index is 11.7. The Kier molecular flexibility index (Phi) is 10.9. The molecular formula is C23H29BrCl2N2O3. The van der Waals surface area contributed by atoms with Gasteiger partial charge >= 0.3 is 0 Å². The van der Waals surface area contributed by atoms with Gasteiger partial charge in [0.15, 0.2) is 11.5 Å². The summed E-state index contributed by atoms with van der Waals surface area (Å²) in [5.74, 6) is 1.67. The van der Waals surface area contributed by atoms with Crippen molar-refractivity contribution < 1.29 is 14.3 Å². The number of halogens is 3. The van der Waals surface area contributed by atoms with E-state index in [2.05, 4.69) is 21.2 Å². The molecule has 3 rings (SSSR count). The van der Waals surface area contributed by atoms with Crippen LogP contribution in [0, 0.1) is 0 Å². The lowest BCUT2D eigenvalue weighted by atomic mass is 10.2. The van der Waals surface area contributed by atoms with E-state index in [0.29, 0.717) is 36.2 Å². The predicted octanol–water partition coefficient (Wildman–Crippen LogP) is 5.60. The van der Waals surface area contributed by atoms with Crippen LogP contribution >= 0.6 is 39.9 Å². The van der Waals surface area contributed by atoms with Crippen molar-refractivity contribution in [3.8, 4) is 11.5 Å². The molecule has 1 saturated heterocycles. The Hall–Kier alpha value is -1.47. The standard InChI is InChI=1S/C23H28BrClN2O3.ClH/c1-2-29-21-14-17(15-26-10-6-12-27-11-5-9-22(27)28)13-19(24)23(21)30-16-18-7-3-4-8-20(18)25;/h3-4,7-8,13-14,26H,2,5-6,9-12,15-16H2,1H3;1H. The molecule has 0 aromatic heterocycles. The van der Waals surface area contributed by atoms with Gasteiger partial charge in [0.2, 0.25) is 5.91 Å². The third-order valence-electron chi connectivity index (χ3n) is 4.98. The highest BCUT2D eigenvalue weighted by Crippen LogP contribution is 2.37. The molecule has 0 spiro atoms. The Labute approximate surface area is 204 Å². The van der Waals surface area contributed by atoms with Crippen LogP contribution in [0.3, 0.4) is 0 Å². The Bertz CT molecular complexity index is 867. The number of nitrogens with one attached hydrogen (secondary N) is 1. The first-order chi connectivity index (χ1) is 14.6. The molecule has 1 N–H and O–H groups in total. The van der Waals surface area contributed by atoms with Crippen molar-refractivity contribution in [2.24, 2.45) is 0 Å². The normalized spacial score (nSPS) is 13.3. The fourth-order valence-electron chi connectivity index (χ4n) is 3.46. The molecule has 1 fully saturated rings. The van der Waals surface area contributed by atoms with E-state index in [-0.39, 0.29) is 18.3 Å². The van der Waals surface area contributed by atoms with Gasteiger partial charge in [-0.1, -0.05) is 29.8 Å². The van der Waals surface area contributed by atoms with Gasteiger partial charge in [0.05, 0.1) is 11.1 Å². The van der Waals surface area contributed by atoms with Gasteiger partial charge in [0.1, 0.15) is 6.61 Å². The number of hydrogen-bond acceptors (Lipinski definition) is 4. The first-order valence-electron chi connectivity index (χ1n) is 10.4. The van der Waals surface area contributed by atoms with Crippen LogP contribution in [0.1, 0.15) is 37.3 Å². The smallest absolute Gasteiger partial charge is 0.222 e. The average molecular weight is 532 g/mol. The quantitative estimate of drug-likeness (QED) is 0.383. The summed E-state index contributed by atoms with van der Waals surface area (Å²) in [6.45, 7) is 6.18. The van der Waals surface area contributed by atoms with Gasteiger partial charge in [0, 0.05) is 36.6 Å². The van der Waals surface area contributed by atoms with Crippen LogP contribution in [0.15, 0.2) is 40.9 Å². The van der Waals surface area contributed by atoms with Crippen molar-refractivity contribution in [3.63, 3.8) is 0 Å². The van der Waals surface area contributed by atoms with Crippen molar-refractivity contribution in [1.29, 1.82) is 0 Å². The summed E-state index contributed by atoms with van der Waals surface area (Å²) in [6, 6.07) is 11.7. The molecule has 0 bridgehead atoms. The Morgan fingerprint density at radius 2 is 2.03 bits per heavy atom. The van der Waals surface area contributed by atoms with E-state index in [1.807, 2.05) is 48.2 Å². The lowest BCUT2D eigenvalue weighted by Crippen LogP contribution is -2.28. The van der Waals surface area contributed by atoms with Gasteiger partial charge in [-0.05, 0) is 66.0 Å². The molecule has 2 aromatic rings. The maximum Gasteiger partial charge on any atom is 0.222 e. The Morgan fingerprint density at radius 1 is 1.23 bits per heavy atom. The SMILES string of the molecule is CCOc1cc(CNCCCN2CCCC2=O)cc(Br)c1OCc1ccccc1Cl.Cl. The zero-order valence-corrected chi connectivity index (χ0v) is 20.8. The lowest BCUT2D eigenvalue weighted by molar-refractivity contribution is -0.127. The molecule has 31 heavy (non-hydrogen) atoms. The number of ether oxygens (including phenoxy) is 2. The molecule has 1 aliphatic heterocycles. The first kappa shape index (κ1) is 25.8. The lowest BCUT2D eigenvalue weighted by Gasteiger charge is -2.17. The van der Waals surface area contributed by atoms with Crippen LogP contribution in [0.5, 0.6) is 11.5 Å². The molecule has 8 heteroatoms. The molecule has 0 atom stereocenters. The van der Waals surface area contributed by atoms with Crippen LogP contribution in [-0.4, -0.2) is 37.0 Å². The molecule has 1 aliphatic rings. The summed E-state index contributed by atoms with van der Waals surface area (Å²) in [4.78, 5) is 13.6. The highest BCUT2D eigenvalue weighted by molar-refractivity contribution is 9.10. The second-order valence-electron chi connectivity index (χ2n) is 7.23. The number of benzene rings is 2. The predicted molar refractivity (Wildman–Crippen MR) is 130 cm³/mol. The van der Waals surface area contributed by atoms with Gasteiger partial charge in [0.25, 0.3) is 0 Å². The molecule has 1 amide bonds. The minimum atomic E-state index is 0. The van der Waals surface area contributed by atoms with Crippen molar-refractivity contribution in [1.82, 2.24) is 10.2 Å². The number of amides is 1. The summed E-state index contributed by atoms with van der Waals surface area (Å²) in [6.07, 6.45) is 2.64. The minimum absolute atomic E-state index is 0. The van der Waals surface area contributed by atoms with Crippen LogP contribution in [0.4, 0.5) is 0 Å². The van der Waals surface area contributed by atoms with Gasteiger partial charge in [-0.25, -0.2) is 0 Å². The van der Waals surface area contributed by atoms with Gasteiger partial charge < -0.3 is 19.7 Å². The average Bonchev–Trinajstić information content (AvgIpc) is 3.13. The second kappa shape index (κ2) is 13.2. The molecule has 0 unspecified atom stereocenters. The summed E-state index contributed by atoms with van der Waals surface area (Å²) in [5, 5.41) is 4.13. The van der Waals surface area contributed by atoms with E-state index in [0.717, 1.165) is 54.6 Å². The molecule has 5 nitrogen and oxygen atoms in total. The number of likely N-dealkylation sites (tertiary alicyclic amines) is 1. The minimum Gasteiger partial charge on any atom is -0.490 e. The topological polar surface area (TPSA) is 50.8 Å². The van der Waals surface area contributed by atoms with E-state index >= 15 is 0 Å². The van der Waals surface area contributed by atoms with Crippen molar-refractivity contribution >= 4 is 45.8 Å². The molecular weight excluding hydrogens is 503 g/mol. The maximum absolute atomic E-state index is 11.7.